The van der Waals surface area contributed by atoms with Gasteiger partial charge in [-0.25, -0.2) is 0 Å². The van der Waals surface area contributed by atoms with E-state index in [9.17, 15) is 0 Å². The molecule has 4 heteroatoms. The Balaban J connectivity index is 1.47. The van der Waals surface area contributed by atoms with Gasteiger partial charge in [-0.1, -0.05) is 0 Å². The van der Waals surface area contributed by atoms with Crippen LogP contribution in [0, 0.1) is 0 Å². The lowest BCUT2D eigenvalue weighted by Crippen LogP contribution is -2.07. The number of epoxide rings is 2. The number of rotatable bonds is 6. The second-order valence-electron chi connectivity index (χ2n) is 4.13. The van der Waals surface area contributed by atoms with Crippen molar-refractivity contribution < 1.29 is 14.2 Å². The third kappa shape index (κ3) is 2.87. The number of hydrogen-bond donors (Lipinski definition) is 1. The normalized spacial score (nSPS) is 26.2. The van der Waals surface area contributed by atoms with E-state index < -0.39 is 0 Å². The van der Waals surface area contributed by atoms with Gasteiger partial charge in [-0.05, 0) is 24.3 Å². The lowest BCUT2D eigenvalue weighted by molar-refractivity contribution is 0.263. The van der Waals surface area contributed by atoms with Gasteiger partial charge in [-0.15, -0.1) is 0 Å². The highest BCUT2D eigenvalue weighted by Gasteiger charge is 2.23. The van der Waals surface area contributed by atoms with Crippen LogP contribution in [0.5, 0.6) is 5.75 Å². The van der Waals surface area contributed by atoms with Gasteiger partial charge in [0.2, 0.25) is 0 Å². The van der Waals surface area contributed by atoms with Crippen LogP contribution >= 0.6 is 0 Å². The van der Waals surface area contributed by atoms with Crippen LogP contribution in [0.1, 0.15) is 0 Å². The zero-order chi connectivity index (χ0) is 10.8. The highest BCUT2D eigenvalue weighted by molar-refractivity contribution is 5.46. The van der Waals surface area contributed by atoms with Gasteiger partial charge in [0.1, 0.15) is 18.5 Å². The van der Waals surface area contributed by atoms with Crippen molar-refractivity contribution in [2.45, 2.75) is 12.2 Å². The minimum absolute atomic E-state index is 0.310. The molecule has 2 fully saturated rings. The average molecular weight is 221 g/mol. The van der Waals surface area contributed by atoms with Gasteiger partial charge in [0, 0.05) is 12.2 Å². The van der Waals surface area contributed by atoms with Crippen LogP contribution in [0.2, 0.25) is 0 Å². The van der Waals surface area contributed by atoms with Crippen molar-refractivity contribution in [2.24, 2.45) is 0 Å². The first-order valence-electron chi connectivity index (χ1n) is 5.60. The van der Waals surface area contributed by atoms with E-state index in [4.69, 9.17) is 14.2 Å². The molecular formula is C12H15NO3. The highest BCUT2D eigenvalue weighted by atomic mass is 16.6. The summed E-state index contributed by atoms with van der Waals surface area (Å²) in [5.41, 5.74) is 1.10. The first-order valence-corrected chi connectivity index (χ1v) is 5.60. The topological polar surface area (TPSA) is 46.3 Å². The maximum Gasteiger partial charge on any atom is 0.119 e. The molecule has 0 amide bonds. The lowest BCUT2D eigenvalue weighted by atomic mass is 10.3. The molecule has 1 N–H and O–H groups in total. The van der Waals surface area contributed by atoms with Crippen LogP contribution in [0.3, 0.4) is 0 Å². The molecule has 4 nitrogen and oxygen atoms in total. The Hall–Kier alpha value is -1.26. The van der Waals surface area contributed by atoms with Crippen molar-refractivity contribution in [2.75, 3.05) is 31.7 Å². The van der Waals surface area contributed by atoms with Crippen molar-refractivity contribution >= 4 is 5.69 Å². The Kier molecular flexibility index (Phi) is 2.68. The van der Waals surface area contributed by atoms with Gasteiger partial charge < -0.3 is 19.5 Å². The van der Waals surface area contributed by atoms with E-state index in [1.807, 2.05) is 24.3 Å². The summed E-state index contributed by atoms with van der Waals surface area (Å²) in [6, 6.07) is 7.98. The molecule has 86 valence electrons. The zero-order valence-electron chi connectivity index (χ0n) is 9.02. The fourth-order valence-electron chi connectivity index (χ4n) is 1.44. The summed E-state index contributed by atoms with van der Waals surface area (Å²) >= 11 is 0. The van der Waals surface area contributed by atoms with Gasteiger partial charge in [0.15, 0.2) is 0 Å². The van der Waals surface area contributed by atoms with E-state index in [-0.39, 0.29) is 0 Å². The molecule has 16 heavy (non-hydrogen) atoms. The standard InChI is InChI=1S/C12H15NO3/c1-3-10(14-7-12-8-16-12)4-2-9(1)13-5-11-6-15-11/h1-4,11-13H,5-8H2. The summed E-state index contributed by atoms with van der Waals surface area (Å²) in [6.45, 7) is 3.26. The van der Waals surface area contributed by atoms with Crippen molar-refractivity contribution in [3.63, 3.8) is 0 Å². The summed E-state index contributed by atoms with van der Waals surface area (Å²) in [6.07, 6.45) is 0.716. The minimum atomic E-state index is 0.310. The Morgan fingerprint density at radius 2 is 1.81 bits per heavy atom. The predicted molar refractivity (Wildman–Crippen MR) is 59.9 cm³/mol. The minimum Gasteiger partial charge on any atom is -0.491 e. The third-order valence-corrected chi connectivity index (χ3v) is 2.63. The van der Waals surface area contributed by atoms with E-state index in [1.165, 1.54) is 0 Å². The van der Waals surface area contributed by atoms with Gasteiger partial charge in [-0.2, -0.15) is 0 Å². The first-order chi connectivity index (χ1) is 7.90. The molecule has 2 heterocycles. The Labute approximate surface area is 94.5 Å². The molecule has 0 bridgehead atoms. The molecule has 2 saturated heterocycles. The zero-order valence-corrected chi connectivity index (χ0v) is 9.02. The van der Waals surface area contributed by atoms with E-state index >= 15 is 0 Å². The monoisotopic (exact) mass is 221 g/mol. The van der Waals surface area contributed by atoms with Gasteiger partial charge >= 0.3 is 0 Å². The Morgan fingerprint density at radius 1 is 1.12 bits per heavy atom. The van der Waals surface area contributed by atoms with Crippen molar-refractivity contribution in [1.29, 1.82) is 0 Å². The van der Waals surface area contributed by atoms with Crippen LogP contribution in [0.4, 0.5) is 5.69 Å². The summed E-state index contributed by atoms with van der Waals surface area (Å²) in [7, 11) is 0. The molecule has 2 aliphatic heterocycles. The quantitative estimate of drug-likeness (QED) is 0.735. The molecule has 2 aliphatic rings. The van der Waals surface area contributed by atoms with E-state index in [2.05, 4.69) is 5.32 Å². The summed E-state index contributed by atoms with van der Waals surface area (Å²) in [5, 5.41) is 3.31. The molecule has 1 aromatic carbocycles. The maximum absolute atomic E-state index is 5.55. The molecule has 0 spiro atoms. The Bertz CT molecular complexity index is 309. The number of ether oxygens (including phenoxy) is 3. The SMILES string of the molecule is c1cc(OCC2CO2)ccc1NCC1CO1. The largest absolute Gasteiger partial charge is 0.491 e. The van der Waals surface area contributed by atoms with Gasteiger partial charge in [0.25, 0.3) is 0 Å². The second-order valence-corrected chi connectivity index (χ2v) is 4.13. The number of hydrogen-bond acceptors (Lipinski definition) is 4. The van der Waals surface area contributed by atoms with Crippen LogP contribution in [-0.4, -0.2) is 38.6 Å². The van der Waals surface area contributed by atoms with Crippen LogP contribution in [0.25, 0.3) is 0 Å². The van der Waals surface area contributed by atoms with Crippen molar-refractivity contribution in [3.8, 4) is 5.75 Å². The number of benzene rings is 1. The van der Waals surface area contributed by atoms with Gasteiger partial charge in [-0.3, -0.25) is 0 Å². The molecule has 2 atom stereocenters. The molecular weight excluding hydrogens is 206 g/mol. The number of nitrogens with one attached hydrogen (secondary N) is 1. The fourth-order valence-corrected chi connectivity index (χ4v) is 1.44. The average Bonchev–Trinajstić information content (AvgIpc) is 3.17. The molecule has 0 aliphatic carbocycles. The van der Waals surface area contributed by atoms with Gasteiger partial charge in [0.05, 0.1) is 19.3 Å². The maximum atomic E-state index is 5.55. The Morgan fingerprint density at radius 3 is 2.44 bits per heavy atom. The van der Waals surface area contributed by atoms with Crippen LogP contribution in [-0.2, 0) is 9.47 Å². The second kappa shape index (κ2) is 4.31. The molecule has 2 unspecified atom stereocenters. The molecule has 1 aromatic rings. The first kappa shape index (κ1) is 9.93. The van der Waals surface area contributed by atoms with Crippen molar-refractivity contribution in [1.82, 2.24) is 0 Å². The predicted octanol–water partition coefficient (Wildman–Crippen LogP) is 1.27. The summed E-state index contributed by atoms with van der Waals surface area (Å²) < 4.78 is 15.7. The highest BCUT2D eigenvalue weighted by Crippen LogP contribution is 2.18. The van der Waals surface area contributed by atoms with Crippen LogP contribution in [0.15, 0.2) is 24.3 Å². The smallest absolute Gasteiger partial charge is 0.119 e. The summed E-state index contributed by atoms with van der Waals surface area (Å²) in [4.78, 5) is 0. The molecule has 0 radical (unpaired) electrons. The van der Waals surface area contributed by atoms with Crippen LogP contribution < -0.4 is 10.1 Å². The van der Waals surface area contributed by atoms with E-state index in [1.54, 1.807) is 0 Å². The molecule has 0 aromatic heterocycles. The van der Waals surface area contributed by atoms with Crippen molar-refractivity contribution in [3.05, 3.63) is 24.3 Å². The third-order valence-electron chi connectivity index (χ3n) is 2.63. The molecule has 0 saturated carbocycles. The van der Waals surface area contributed by atoms with E-state index in [0.717, 1.165) is 31.2 Å². The lowest BCUT2D eigenvalue weighted by Gasteiger charge is -2.07. The molecule has 3 rings (SSSR count). The van der Waals surface area contributed by atoms with E-state index in [0.29, 0.717) is 18.8 Å². The fraction of sp³-hybridized carbons (Fsp3) is 0.500. The number of anilines is 1. The summed E-state index contributed by atoms with van der Waals surface area (Å²) in [5.74, 6) is 0.892.